The van der Waals surface area contributed by atoms with Gasteiger partial charge in [-0.15, -0.1) is 0 Å². The molecule has 4 fully saturated rings. The molecule has 0 amide bonds. The third-order valence-electron chi connectivity index (χ3n) is 5.43. The molecular weight excluding hydrogens is 362 g/mol. The Bertz CT molecular complexity index is 617. The van der Waals surface area contributed by atoms with E-state index in [2.05, 4.69) is 4.74 Å². The van der Waals surface area contributed by atoms with Crippen LogP contribution in [0.2, 0.25) is 0 Å². The summed E-state index contributed by atoms with van der Waals surface area (Å²) in [4.78, 5) is 35.5. The molecule has 0 saturated heterocycles. The second-order valence-corrected chi connectivity index (χ2v) is 8.08. The summed E-state index contributed by atoms with van der Waals surface area (Å²) in [5, 5.41) is -4.52. The smallest absolute Gasteiger partial charge is 0.439 e. The summed E-state index contributed by atoms with van der Waals surface area (Å²) in [7, 11) is 0. The average molecular weight is 380 g/mol. The summed E-state index contributed by atoms with van der Waals surface area (Å²) in [6.45, 7) is -1.06. The summed E-state index contributed by atoms with van der Waals surface area (Å²) < 4.78 is 53.7. The molecule has 4 aliphatic carbocycles. The third kappa shape index (κ3) is 3.21. The van der Waals surface area contributed by atoms with Crippen molar-refractivity contribution in [2.24, 2.45) is 23.2 Å². The SMILES string of the molecule is O=C1C2CC3CC1CC(C(=O)OCCOC(=O)C(F)(F)S(=O)O)(C3)C2. The van der Waals surface area contributed by atoms with Gasteiger partial charge in [0.15, 0.2) is 0 Å². The van der Waals surface area contributed by atoms with E-state index in [0.29, 0.717) is 25.2 Å². The van der Waals surface area contributed by atoms with Crippen LogP contribution in [0, 0.1) is 23.2 Å². The highest BCUT2D eigenvalue weighted by Crippen LogP contribution is 2.59. The Kier molecular flexibility index (Phi) is 4.69. The Morgan fingerprint density at radius 1 is 1.16 bits per heavy atom. The minimum absolute atomic E-state index is 0.102. The Hall–Kier alpha value is -1.42. The Labute approximate surface area is 144 Å². The zero-order valence-corrected chi connectivity index (χ0v) is 14.1. The first-order valence-electron chi connectivity index (χ1n) is 8.03. The second-order valence-electron chi connectivity index (χ2n) is 7.06. The fourth-order valence-electron chi connectivity index (χ4n) is 4.57. The average Bonchev–Trinajstić information content (AvgIpc) is 2.54. The molecule has 10 heteroatoms. The van der Waals surface area contributed by atoms with Crippen molar-refractivity contribution in [3.63, 3.8) is 0 Å². The van der Waals surface area contributed by atoms with Gasteiger partial charge in [0.25, 0.3) is 0 Å². The van der Waals surface area contributed by atoms with Gasteiger partial charge in [-0.1, -0.05) is 0 Å². The van der Waals surface area contributed by atoms with Gasteiger partial charge in [-0.05, 0) is 38.0 Å². The normalized spacial score (nSPS) is 34.7. The predicted molar refractivity (Wildman–Crippen MR) is 78.6 cm³/mol. The minimum atomic E-state index is -4.52. The number of ether oxygens (including phenoxy) is 2. The molecule has 4 saturated carbocycles. The first-order chi connectivity index (χ1) is 11.7. The van der Waals surface area contributed by atoms with Gasteiger partial charge in [0.1, 0.15) is 19.0 Å². The van der Waals surface area contributed by atoms with Gasteiger partial charge < -0.3 is 14.0 Å². The molecular formula is C15H18F2O7S. The molecule has 0 heterocycles. The monoisotopic (exact) mass is 380 g/mol. The molecule has 4 aliphatic rings. The number of rotatable bonds is 6. The van der Waals surface area contributed by atoms with Crippen molar-refractivity contribution in [1.29, 1.82) is 0 Å². The van der Waals surface area contributed by atoms with Crippen molar-refractivity contribution in [3.8, 4) is 0 Å². The van der Waals surface area contributed by atoms with Crippen LogP contribution >= 0.6 is 0 Å². The van der Waals surface area contributed by atoms with Crippen molar-refractivity contribution < 1.29 is 41.4 Å². The van der Waals surface area contributed by atoms with Crippen LogP contribution in [0.15, 0.2) is 0 Å². The van der Waals surface area contributed by atoms with E-state index in [9.17, 15) is 27.4 Å². The van der Waals surface area contributed by atoms with Crippen molar-refractivity contribution in [1.82, 2.24) is 0 Å². The van der Waals surface area contributed by atoms with E-state index >= 15 is 0 Å². The third-order valence-corrected chi connectivity index (χ3v) is 6.04. The van der Waals surface area contributed by atoms with E-state index in [0.717, 1.165) is 12.8 Å². The molecule has 0 spiro atoms. The van der Waals surface area contributed by atoms with Crippen LogP contribution in [0.3, 0.4) is 0 Å². The van der Waals surface area contributed by atoms with E-state index < -0.39 is 46.9 Å². The number of ketones is 1. The van der Waals surface area contributed by atoms with Gasteiger partial charge in [-0.2, -0.15) is 8.78 Å². The van der Waals surface area contributed by atoms with Crippen LogP contribution in [0.4, 0.5) is 8.78 Å². The van der Waals surface area contributed by atoms with Gasteiger partial charge in [0, 0.05) is 11.8 Å². The molecule has 4 bridgehead atoms. The lowest BCUT2D eigenvalue weighted by molar-refractivity contribution is -0.178. The van der Waals surface area contributed by atoms with Gasteiger partial charge in [0.2, 0.25) is 11.1 Å². The molecule has 3 unspecified atom stereocenters. The van der Waals surface area contributed by atoms with Crippen molar-refractivity contribution in [2.75, 3.05) is 13.2 Å². The fraction of sp³-hybridized carbons (Fsp3) is 0.800. The maximum absolute atomic E-state index is 12.9. The van der Waals surface area contributed by atoms with Gasteiger partial charge in [-0.25, -0.2) is 9.00 Å². The molecule has 0 aromatic carbocycles. The summed E-state index contributed by atoms with van der Waals surface area (Å²) in [5.74, 6) is -2.28. The first-order valence-corrected chi connectivity index (χ1v) is 9.13. The highest BCUT2D eigenvalue weighted by molar-refractivity contribution is 7.81. The Morgan fingerprint density at radius 2 is 1.72 bits per heavy atom. The van der Waals surface area contributed by atoms with Crippen LogP contribution in [0.25, 0.3) is 0 Å². The maximum Gasteiger partial charge on any atom is 0.439 e. The quantitative estimate of drug-likeness (QED) is 0.420. The maximum atomic E-state index is 12.9. The summed E-state index contributed by atoms with van der Waals surface area (Å²) >= 11 is -3.68. The zero-order chi connectivity index (χ0) is 18.4. The number of Topliss-reactive ketones (excluding diaryl/α,β-unsaturated/α-hetero) is 1. The van der Waals surface area contributed by atoms with Crippen molar-refractivity contribution >= 4 is 28.8 Å². The standard InChI is InChI=1S/C15H18F2O7S/c16-15(17,25(21)22)13(20)24-2-1-23-12(19)14-5-8-3-9(6-14)11(18)10(4-8)7-14/h8-10H,1-7H2,(H,21,22). The lowest BCUT2D eigenvalue weighted by Crippen LogP contribution is -2.55. The van der Waals surface area contributed by atoms with E-state index in [-0.39, 0.29) is 17.6 Å². The van der Waals surface area contributed by atoms with Crippen LogP contribution in [-0.2, 0) is 34.9 Å². The lowest BCUT2D eigenvalue weighted by atomic mass is 9.49. The van der Waals surface area contributed by atoms with E-state index in [1.165, 1.54) is 0 Å². The summed E-state index contributed by atoms with van der Waals surface area (Å²) in [6, 6.07) is 0. The predicted octanol–water partition coefficient (Wildman–Crippen LogP) is 1.28. The van der Waals surface area contributed by atoms with Gasteiger partial charge >= 0.3 is 17.2 Å². The minimum Gasteiger partial charge on any atom is -0.462 e. The number of halogens is 2. The summed E-state index contributed by atoms with van der Waals surface area (Å²) in [6.07, 6.45) is 3.20. The van der Waals surface area contributed by atoms with Crippen LogP contribution in [-0.4, -0.2) is 45.0 Å². The molecule has 0 aromatic heterocycles. The fourth-order valence-corrected chi connectivity index (χ4v) is 4.78. The van der Waals surface area contributed by atoms with E-state index in [1.807, 2.05) is 0 Å². The number of alkyl halides is 2. The molecule has 140 valence electrons. The highest BCUT2D eigenvalue weighted by Gasteiger charge is 2.59. The van der Waals surface area contributed by atoms with Crippen molar-refractivity contribution in [3.05, 3.63) is 0 Å². The lowest BCUT2D eigenvalue weighted by Gasteiger charge is -2.53. The van der Waals surface area contributed by atoms with E-state index in [4.69, 9.17) is 9.29 Å². The van der Waals surface area contributed by atoms with Crippen LogP contribution < -0.4 is 0 Å². The van der Waals surface area contributed by atoms with Gasteiger partial charge in [-0.3, -0.25) is 9.59 Å². The summed E-state index contributed by atoms with van der Waals surface area (Å²) in [5.41, 5.74) is -0.703. The number of esters is 2. The number of carbonyl (C=O) groups excluding carboxylic acids is 3. The van der Waals surface area contributed by atoms with Crippen LogP contribution in [0.5, 0.6) is 0 Å². The highest BCUT2D eigenvalue weighted by atomic mass is 32.2. The molecule has 25 heavy (non-hydrogen) atoms. The molecule has 0 aromatic rings. The van der Waals surface area contributed by atoms with Crippen LogP contribution in [0.1, 0.15) is 32.1 Å². The Balaban J connectivity index is 1.50. The molecule has 4 rings (SSSR count). The number of carbonyl (C=O) groups is 3. The molecule has 3 atom stereocenters. The van der Waals surface area contributed by atoms with E-state index in [1.54, 1.807) is 0 Å². The Morgan fingerprint density at radius 3 is 2.28 bits per heavy atom. The van der Waals surface area contributed by atoms with Gasteiger partial charge in [0.05, 0.1) is 5.41 Å². The molecule has 0 aliphatic heterocycles. The van der Waals surface area contributed by atoms with Crippen molar-refractivity contribution in [2.45, 2.75) is 37.4 Å². The second kappa shape index (κ2) is 6.39. The molecule has 1 N–H and O–H groups in total. The zero-order valence-electron chi connectivity index (χ0n) is 13.2. The topological polar surface area (TPSA) is 107 Å². The first kappa shape index (κ1) is 18.4. The molecule has 7 nitrogen and oxygen atoms in total. The largest absolute Gasteiger partial charge is 0.462 e. The number of hydrogen-bond acceptors (Lipinski definition) is 6. The molecule has 0 radical (unpaired) electrons. The number of hydrogen-bond donors (Lipinski definition) is 1.